The lowest BCUT2D eigenvalue weighted by molar-refractivity contribution is 0.708. The van der Waals surface area contributed by atoms with Gasteiger partial charge in [0.15, 0.2) is 0 Å². The van der Waals surface area contributed by atoms with E-state index in [1.807, 2.05) is 0 Å². The first-order valence-electron chi connectivity index (χ1n) is 3.16. The van der Waals surface area contributed by atoms with E-state index in [0.717, 1.165) is 6.67 Å². The third-order valence-corrected chi connectivity index (χ3v) is 1.82. The summed E-state index contributed by atoms with van der Waals surface area (Å²) in [6.07, 6.45) is 3.87. The van der Waals surface area contributed by atoms with Crippen molar-refractivity contribution in [2.75, 3.05) is 6.67 Å². The Morgan fingerprint density at radius 1 is 1.00 bits per heavy atom. The lowest BCUT2D eigenvalue weighted by atomic mass is 10.3. The fourth-order valence-electron chi connectivity index (χ4n) is 1.39. The largest absolute Gasteiger partial charge is 0.370 e. The molecule has 0 radical (unpaired) electrons. The van der Waals surface area contributed by atoms with Crippen LogP contribution in [0.3, 0.4) is 0 Å². The zero-order valence-corrected chi connectivity index (χ0v) is 4.83. The maximum atomic E-state index is 3.29. The molecule has 0 saturated carbocycles. The lowest BCUT2D eigenvalue weighted by Crippen LogP contribution is -2.16. The van der Waals surface area contributed by atoms with E-state index >= 15 is 0 Å². The van der Waals surface area contributed by atoms with Gasteiger partial charge in [-0.15, -0.1) is 0 Å². The summed E-state index contributed by atoms with van der Waals surface area (Å²) in [7, 11) is 0. The summed E-state index contributed by atoms with van der Waals surface area (Å²) >= 11 is 0. The molecule has 2 heteroatoms. The Labute approximate surface area is 49.0 Å². The van der Waals surface area contributed by atoms with Gasteiger partial charge in [-0.05, 0) is 19.3 Å². The molecule has 0 spiro atoms. The van der Waals surface area contributed by atoms with E-state index in [0.29, 0.717) is 0 Å². The van der Waals surface area contributed by atoms with E-state index in [4.69, 9.17) is 0 Å². The highest BCUT2D eigenvalue weighted by Gasteiger charge is 2.17. The Hall–Kier alpha value is -0.660. The van der Waals surface area contributed by atoms with Gasteiger partial charge >= 0.3 is 0 Å². The molecule has 1 aliphatic heterocycles. The van der Waals surface area contributed by atoms with E-state index in [-0.39, 0.29) is 0 Å². The lowest BCUT2D eigenvalue weighted by Gasteiger charge is -1.96. The molecule has 1 heterocycles. The average Bonchev–Trinajstić information content (AvgIpc) is 2.15. The Morgan fingerprint density at radius 3 is 2.25 bits per heavy atom. The molecule has 2 N–H and O–H groups in total. The van der Waals surface area contributed by atoms with Gasteiger partial charge in [-0.25, -0.2) is 0 Å². The van der Waals surface area contributed by atoms with Crippen molar-refractivity contribution in [2.45, 2.75) is 19.3 Å². The molecule has 0 unspecified atom stereocenters. The molecule has 0 aromatic carbocycles. The number of hydrogen-bond acceptors (Lipinski definition) is 2. The van der Waals surface area contributed by atoms with Gasteiger partial charge in [0.25, 0.3) is 0 Å². The molecule has 0 fully saturated rings. The average molecular weight is 110 g/mol. The molecule has 0 amide bonds. The fraction of sp³-hybridized carbons (Fsp3) is 0.667. The molecule has 2 rings (SSSR count). The molecular formula is C6H10N2. The predicted octanol–water partition coefficient (Wildman–Crippen LogP) is 0.532. The van der Waals surface area contributed by atoms with Crippen LogP contribution < -0.4 is 10.6 Å². The zero-order chi connectivity index (χ0) is 5.40. The molecule has 0 bridgehead atoms. The normalized spacial score (nSPS) is 25.0. The van der Waals surface area contributed by atoms with Gasteiger partial charge in [0, 0.05) is 11.4 Å². The van der Waals surface area contributed by atoms with E-state index in [9.17, 15) is 0 Å². The van der Waals surface area contributed by atoms with Gasteiger partial charge in [0.2, 0.25) is 0 Å². The third-order valence-electron chi connectivity index (χ3n) is 1.82. The topological polar surface area (TPSA) is 24.1 Å². The van der Waals surface area contributed by atoms with Crippen LogP contribution in [0.5, 0.6) is 0 Å². The van der Waals surface area contributed by atoms with Crippen LogP contribution in [0.2, 0.25) is 0 Å². The van der Waals surface area contributed by atoms with Crippen molar-refractivity contribution in [2.24, 2.45) is 0 Å². The Morgan fingerprint density at radius 2 is 1.62 bits per heavy atom. The van der Waals surface area contributed by atoms with Gasteiger partial charge in [0.05, 0.1) is 6.67 Å². The van der Waals surface area contributed by atoms with Gasteiger partial charge < -0.3 is 10.6 Å². The van der Waals surface area contributed by atoms with Crippen molar-refractivity contribution < 1.29 is 0 Å². The Kier molecular flexibility index (Phi) is 0.745. The van der Waals surface area contributed by atoms with Crippen LogP contribution in [0.25, 0.3) is 0 Å². The predicted molar refractivity (Wildman–Crippen MR) is 32.0 cm³/mol. The maximum absolute atomic E-state index is 3.29. The summed E-state index contributed by atoms with van der Waals surface area (Å²) in [5.74, 6) is 0. The monoisotopic (exact) mass is 110 g/mol. The second-order valence-electron chi connectivity index (χ2n) is 2.34. The van der Waals surface area contributed by atoms with E-state index in [1.165, 1.54) is 30.7 Å². The van der Waals surface area contributed by atoms with Crippen LogP contribution in [0.1, 0.15) is 19.3 Å². The molecule has 1 aliphatic carbocycles. The maximum Gasteiger partial charge on any atom is 0.0845 e. The van der Waals surface area contributed by atoms with Gasteiger partial charge in [-0.1, -0.05) is 0 Å². The number of rotatable bonds is 0. The van der Waals surface area contributed by atoms with Crippen molar-refractivity contribution in [1.82, 2.24) is 10.6 Å². The van der Waals surface area contributed by atoms with E-state index in [2.05, 4.69) is 10.6 Å². The molecule has 0 saturated heterocycles. The highest BCUT2D eigenvalue weighted by Crippen LogP contribution is 2.23. The first kappa shape index (κ1) is 4.24. The highest BCUT2D eigenvalue weighted by molar-refractivity contribution is 5.19. The molecule has 0 aromatic heterocycles. The Balaban J connectivity index is 2.23. The summed E-state index contributed by atoms with van der Waals surface area (Å²) in [5.41, 5.74) is 2.93. The van der Waals surface area contributed by atoms with E-state index < -0.39 is 0 Å². The minimum atomic E-state index is 0.963. The van der Waals surface area contributed by atoms with Crippen LogP contribution in [-0.4, -0.2) is 6.67 Å². The highest BCUT2D eigenvalue weighted by atomic mass is 15.1. The molecule has 2 nitrogen and oxygen atoms in total. The Bertz CT molecular complexity index is 109. The standard InChI is InChI=1S/C6H10N2/c1-2-5-6(3-1)8-4-7-5/h7-8H,1-4H2. The van der Waals surface area contributed by atoms with Crippen LogP contribution >= 0.6 is 0 Å². The SMILES string of the molecule is C1CC2=C(C1)NCN2. The molecule has 0 atom stereocenters. The molecule has 44 valence electrons. The van der Waals surface area contributed by atoms with Gasteiger partial charge in [-0.2, -0.15) is 0 Å². The summed E-state index contributed by atoms with van der Waals surface area (Å²) in [4.78, 5) is 0. The van der Waals surface area contributed by atoms with Gasteiger partial charge in [-0.3, -0.25) is 0 Å². The summed E-state index contributed by atoms with van der Waals surface area (Å²) < 4.78 is 0. The van der Waals surface area contributed by atoms with Crippen LogP contribution in [0, 0.1) is 0 Å². The number of nitrogens with one attached hydrogen (secondary N) is 2. The summed E-state index contributed by atoms with van der Waals surface area (Å²) in [6, 6.07) is 0. The number of allylic oxidation sites excluding steroid dienone is 2. The van der Waals surface area contributed by atoms with Crippen molar-refractivity contribution in [1.29, 1.82) is 0 Å². The van der Waals surface area contributed by atoms with Crippen LogP contribution in [-0.2, 0) is 0 Å². The molecule has 8 heavy (non-hydrogen) atoms. The second-order valence-corrected chi connectivity index (χ2v) is 2.34. The van der Waals surface area contributed by atoms with Crippen molar-refractivity contribution >= 4 is 0 Å². The summed E-state index contributed by atoms with van der Waals surface area (Å²) in [5, 5.41) is 6.57. The second kappa shape index (κ2) is 1.41. The quantitative estimate of drug-likeness (QED) is 0.475. The molecule has 0 aromatic rings. The smallest absolute Gasteiger partial charge is 0.0845 e. The minimum Gasteiger partial charge on any atom is -0.370 e. The van der Waals surface area contributed by atoms with Crippen LogP contribution in [0.15, 0.2) is 11.4 Å². The molecule has 2 aliphatic rings. The molecular weight excluding hydrogens is 100 g/mol. The van der Waals surface area contributed by atoms with Crippen molar-refractivity contribution in [3.63, 3.8) is 0 Å². The van der Waals surface area contributed by atoms with Crippen LogP contribution in [0.4, 0.5) is 0 Å². The zero-order valence-electron chi connectivity index (χ0n) is 4.83. The van der Waals surface area contributed by atoms with Crippen molar-refractivity contribution in [3.8, 4) is 0 Å². The first-order valence-corrected chi connectivity index (χ1v) is 3.16. The van der Waals surface area contributed by atoms with Crippen molar-refractivity contribution in [3.05, 3.63) is 11.4 Å². The first-order chi connectivity index (χ1) is 3.97. The fourth-order valence-corrected chi connectivity index (χ4v) is 1.39. The third kappa shape index (κ3) is 0.427. The minimum absolute atomic E-state index is 0.963. The van der Waals surface area contributed by atoms with E-state index in [1.54, 1.807) is 0 Å². The van der Waals surface area contributed by atoms with Gasteiger partial charge in [0.1, 0.15) is 0 Å². The number of hydrogen-bond donors (Lipinski definition) is 2. The summed E-state index contributed by atoms with van der Waals surface area (Å²) in [6.45, 7) is 0.963.